The molecule has 1 aromatic heterocycles. The monoisotopic (exact) mass is 238 g/mol. The number of aromatic amines is 1. The number of nitrogens with one attached hydrogen (secondary N) is 1. The number of ether oxygens (including phenoxy) is 1. The van der Waals surface area contributed by atoms with Gasteiger partial charge in [0.1, 0.15) is 11.4 Å². The normalized spacial score (nSPS) is 20.1. The van der Waals surface area contributed by atoms with Crippen molar-refractivity contribution >= 4 is 0 Å². The molecule has 17 heavy (non-hydrogen) atoms. The molecule has 0 unspecified atom stereocenters. The maximum Gasteiger partial charge on any atom is 0.182 e. The Balaban J connectivity index is 2.24. The summed E-state index contributed by atoms with van der Waals surface area (Å²) in [5, 5.41) is 7.19. The van der Waals surface area contributed by atoms with Crippen LogP contribution in [0.4, 0.5) is 0 Å². The average Bonchev–Trinajstić information content (AvgIpc) is 2.71. The van der Waals surface area contributed by atoms with Gasteiger partial charge in [0, 0.05) is 6.61 Å². The van der Waals surface area contributed by atoms with E-state index in [1.807, 2.05) is 6.92 Å². The minimum absolute atomic E-state index is 0.283. The van der Waals surface area contributed by atoms with Crippen molar-refractivity contribution in [2.75, 3.05) is 6.61 Å². The van der Waals surface area contributed by atoms with Crippen LogP contribution in [0.5, 0.6) is 0 Å². The quantitative estimate of drug-likeness (QED) is 0.785. The lowest BCUT2D eigenvalue weighted by Crippen LogP contribution is -2.31. The summed E-state index contributed by atoms with van der Waals surface area (Å²) in [4.78, 5) is 4.47. The molecule has 5 nitrogen and oxygen atoms in total. The molecule has 5 heteroatoms. The summed E-state index contributed by atoms with van der Waals surface area (Å²) in [5.74, 6) is 1.53. The van der Waals surface area contributed by atoms with Crippen LogP contribution in [0.1, 0.15) is 57.1 Å². The van der Waals surface area contributed by atoms with Crippen LogP contribution < -0.4 is 5.73 Å². The molecular formula is C12H22N4O. The van der Waals surface area contributed by atoms with Crippen molar-refractivity contribution in [3.8, 4) is 0 Å². The second-order valence-electron chi connectivity index (χ2n) is 4.65. The van der Waals surface area contributed by atoms with Gasteiger partial charge in [0.25, 0.3) is 0 Å². The number of nitrogens with two attached hydrogens (primary N) is 1. The first-order valence-corrected chi connectivity index (χ1v) is 6.56. The van der Waals surface area contributed by atoms with Gasteiger partial charge in [-0.3, -0.25) is 5.10 Å². The van der Waals surface area contributed by atoms with Crippen LogP contribution in [-0.4, -0.2) is 21.8 Å². The van der Waals surface area contributed by atoms with Crippen molar-refractivity contribution in [1.82, 2.24) is 15.2 Å². The van der Waals surface area contributed by atoms with E-state index in [1.54, 1.807) is 0 Å². The van der Waals surface area contributed by atoms with Gasteiger partial charge in [-0.15, -0.1) is 0 Å². The van der Waals surface area contributed by atoms with Crippen LogP contribution in [0.3, 0.4) is 0 Å². The standard InChI is InChI=1S/C12H22N4O/c1-2-17-12(7-5-3-4-6-8-12)11-14-10(9-13)15-16-11/h2-9,13H2,1H3,(H,14,15,16). The Bertz CT molecular complexity index is 342. The van der Waals surface area contributed by atoms with Crippen LogP contribution in [0.2, 0.25) is 0 Å². The second kappa shape index (κ2) is 5.60. The maximum absolute atomic E-state index is 6.01. The summed E-state index contributed by atoms with van der Waals surface area (Å²) < 4.78 is 6.01. The van der Waals surface area contributed by atoms with E-state index in [4.69, 9.17) is 10.5 Å². The fourth-order valence-corrected chi connectivity index (χ4v) is 2.60. The lowest BCUT2D eigenvalue weighted by atomic mass is 9.93. The van der Waals surface area contributed by atoms with E-state index in [9.17, 15) is 0 Å². The highest BCUT2D eigenvalue weighted by Crippen LogP contribution is 2.37. The zero-order valence-electron chi connectivity index (χ0n) is 10.5. The summed E-state index contributed by atoms with van der Waals surface area (Å²) in [5.41, 5.74) is 5.28. The van der Waals surface area contributed by atoms with Crippen LogP contribution >= 0.6 is 0 Å². The van der Waals surface area contributed by atoms with Gasteiger partial charge in [-0.05, 0) is 19.8 Å². The van der Waals surface area contributed by atoms with E-state index in [0.717, 1.165) is 24.5 Å². The van der Waals surface area contributed by atoms with Crippen LogP contribution in [0.15, 0.2) is 0 Å². The molecule has 0 aromatic carbocycles. The minimum atomic E-state index is -0.283. The Kier molecular flexibility index (Phi) is 4.12. The number of rotatable bonds is 4. The van der Waals surface area contributed by atoms with Crippen molar-refractivity contribution in [3.05, 3.63) is 11.6 Å². The fourth-order valence-electron chi connectivity index (χ4n) is 2.60. The first kappa shape index (κ1) is 12.5. The molecule has 0 spiro atoms. The van der Waals surface area contributed by atoms with Gasteiger partial charge in [0.2, 0.25) is 0 Å². The molecule has 0 saturated heterocycles. The van der Waals surface area contributed by atoms with Gasteiger partial charge in [-0.25, -0.2) is 4.98 Å². The van der Waals surface area contributed by atoms with E-state index < -0.39 is 0 Å². The molecule has 1 fully saturated rings. The molecule has 1 aliphatic rings. The Hall–Kier alpha value is -0.940. The Morgan fingerprint density at radius 3 is 2.53 bits per heavy atom. The van der Waals surface area contributed by atoms with Crippen molar-refractivity contribution in [1.29, 1.82) is 0 Å². The van der Waals surface area contributed by atoms with E-state index in [0.29, 0.717) is 13.2 Å². The highest BCUT2D eigenvalue weighted by atomic mass is 16.5. The third-order valence-corrected chi connectivity index (χ3v) is 3.46. The smallest absolute Gasteiger partial charge is 0.182 e. The largest absolute Gasteiger partial charge is 0.367 e. The first-order valence-electron chi connectivity index (χ1n) is 6.56. The van der Waals surface area contributed by atoms with E-state index in [-0.39, 0.29) is 5.60 Å². The number of hydrogen-bond donors (Lipinski definition) is 2. The molecule has 0 aliphatic heterocycles. The Morgan fingerprint density at radius 2 is 2.00 bits per heavy atom. The fraction of sp³-hybridized carbons (Fsp3) is 0.833. The molecule has 96 valence electrons. The Labute approximate surface area is 102 Å². The van der Waals surface area contributed by atoms with Crippen molar-refractivity contribution < 1.29 is 4.74 Å². The molecule has 0 bridgehead atoms. The molecule has 0 radical (unpaired) electrons. The van der Waals surface area contributed by atoms with Crippen LogP contribution in [0, 0.1) is 0 Å². The van der Waals surface area contributed by atoms with Crippen molar-refractivity contribution in [2.45, 2.75) is 57.6 Å². The molecule has 3 N–H and O–H groups in total. The number of hydrogen-bond acceptors (Lipinski definition) is 4. The van der Waals surface area contributed by atoms with E-state index in [2.05, 4.69) is 15.2 Å². The molecule has 1 aromatic rings. The molecule has 2 rings (SSSR count). The molecule has 0 atom stereocenters. The minimum Gasteiger partial charge on any atom is -0.367 e. The van der Waals surface area contributed by atoms with E-state index >= 15 is 0 Å². The predicted molar refractivity (Wildman–Crippen MR) is 65.3 cm³/mol. The van der Waals surface area contributed by atoms with Gasteiger partial charge in [-0.1, -0.05) is 25.7 Å². The Morgan fingerprint density at radius 1 is 1.29 bits per heavy atom. The average molecular weight is 238 g/mol. The zero-order chi connectivity index (χ0) is 12.1. The number of aromatic nitrogens is 3. The van der Waals surface area contributed by atoms with Crippen LogP contribution in [0.25, 0.3) is 0 Å². The van der Waals surface area contributed by atoms with Gasteiger partial charge in [0.05, 0.1) is 6.54 Å². The SMILES string of the molecule is CCOC1(c2n[nH]c(CN)n2)CCCCCC1. The van der Waals surface area contributed by atoms with Crippen molar-refractivity contribution in [2.24, 2.45) is 5.73 Å². The summed E-state index contributed by atoms with van der Waals surface area (Å²) in [6, 6.07) is 0. The van der Waals surface area contributed by atoms with Gasteiger partial charge < -0.3 is 10.5 Å². The van der Waals surface area contributed by atoms with Crippen molar-refractivity contribution in [3.63, 3.8) is 0 Å². The molecular weight excluding hydrogens is 216 g/mol. The lowest BCUT2D eigenvalue weighted by Gasteiger charge is -2.29. The second-order valence-corrected chi connectivity index (χ2v) is 4.65. The number of nitrogens with zero attached hydrogens (tertiary/aromatic N) is 2. The van der Waals surface area contributed by atoms with Gasteiger partial charge in [-0.2, -0.15) is 5.10 Å². The molecule has 1 heterocycles. The van der Waals surface area contributed by atoms with Gasteiger partial charge in [0.15, 0.2) is 5.82 Å². The third kappa shape index (κ3) is 2.66. The van der Waals surface area contributed by atoms with Crippen LogP contribution in [-0.2, 0) is 16.9 Å². The molecule has 1 aliphatic carbocycles. The highest BCUT2D eigenvalue weighted by Gasteiger charge is 2.37. The summed E-state index contributed by atoms with van der Waals surface area (Å²) >= 11 is 0. The van der Waals surface area contributed by atoms with E-state index in [1.165, 1.54) is 25.7 Å². The lowest BCUT2D eigenvalue weighted by molar-refractivity contribution is -0.0622. The summed E-state index contributed by atoms with van der Waals surface area (Å²) in [7, 11) is 0. The number of H-pyrrole nitrogens is 1. The van der Waals surface area contributed by atoms with Gasteiger partial charge >= 0.3 is 0 Å². The molecule has 0 amide bonds. The maximum atomic E-state index is 6.01. The predicted octanol–water partition coefficient (Wildman–Crippen LogP) is 1.85. The summed E-state index contributed by atoms with van der Waals surface area (Å²) in [6.45, 7) is 3.13. The third-order valence-electron chi connectivity index (χ3n) is 3.46. The highest BCUT2D eigenvalue weighted by molar-refractivity contribution is 5.04. The summed E-state index contributed by atoms with van der Waals surface area (Å²) in [6.07, 6.45) is 6.97. The topological polar surface area (TPSA) is 76.8 Å². The first-order chi connectivity index (χ1) is 8.30. The zero-order valence-corrected chi connectivity index (χ0v) is 10.5. The molecule has 1 saturated carbocycles.